The number of rotatable bonds is 3. The van der Waals surface area contributed by atoms with Gasteiger partial charge in [-0.15, -0.1) is 0 Å². The van der Waals surface area contributed by atoms with Crippen molar-refractivity contribution in [2.24, 2.45) is 11.7 Å². The first-order valence-electron chi connectivity index (χ1n) is 6.97. The van der Waals surface area contributed by atoms with E-state index < -0.39 is 11.7 Å². The van der Waals surface area contributed by atoms with Crippen molar-refractivity contribution in [3.63, 3.8) is 0 Å². The van der Waals surface area contributed by atoms with Crippen LogP contribution in [0.15, 0.2) is 18.2 Å². The molecule has 5 heteroatoms. The van der Waals surface area contributed by atoms with E-state index in [2.05, 4.69) is 6.92 Å². The third kappa shape index (κ3) is 3.66. The maximum Gasteiger partial charge on any atom is 0.416 e. The molecule has 0 atom stereocenters. The number of hydrogen-bond donors (Lipinski definition) is 1. The fourth-order valence-electron chi connectivity index (χ4n) is 2.63. The highest BCUT2D eigenvalue weighted by Crippen LogP contribution is 2.34. The highest BCUT2D eigenvalue weighted by atomic mass is 19.4. The lowest BCUT2D eigenvalue weighted by atomic mass is 9.89. The Hall–Kier alpha value is -1.23. The van der Waals surface area contributed by atoms with Gasteiger partial charge < -0.3 is 10.5 Å². The minimum atomic E-state index is -4.37. The van der Waals surface area contributed by atoms with E-state index in [0.29, 0.717) is 11.7 Å². The Morgan fingerprint density at radius 3 is 2.40 bits per heavy atom. The van der Waals surface area contributed by atoms with Gasteiger partial charge in [-0.05, 0) is 55.4 Å². The Bertz CT molecular complexity index is 451. The van der Waals surface area contributed by atoms with Crippen LogP contribution in [-0.4, -0.2) is 6.10 Å². The topological polar surface area (TPSA) is 35.2 Å². The highest BCUT2D eigenvalue weighted by Gasteiger charge is 2.33. The fourth-order valence-corrected chi connectivity index (χ4v) is 2.63. The first kappa shape index (κ1) is 15.2. The quantitative estimate of drug-likeness (QED) is 0.907. The summed E-state index contributed by atoms with van der Waals surface area (Å²) in [5, 5.41) is 0. The van der Waals surface area contributed by atoms with Crippen LogP contribution in [-0.2, 0) is 12.7 Å². The van der Waals surface area contributed by atoms with Gasteiger partial charge in [0.2, 0.25) is 0 Å². The molecular formula is C15H20F3NO. The van der Waals surface area contributed by atoms with E-state index in [1.54, 1.807) is 0 Å². The summed E-state index contributed by atoms with van der Waals surface area (Å²) in [5.41, 5.74) is 4.82. The van der Waals surface area contributed by atoms with E-state index in [9.17, 15) is 13.2 Å². The molecule has 1 fully saturated rings. The van der Waals surface area contributed by atoms with Gasteiger partial charge in [-0.1, -0.05) is 6.92 Å². The minimum Gasteiger partial charge on any atom is -0.490 e. The maximum atomic E-state index is 12.8. The van der Waals surface area contributed by atoms with Crippen molar-refractivity contribution in [3.05, 3.63) is 29.3 Å². The summed E-state index contributed by atoms with van der Waals surface area (Å²) in [6.07, 6.45) is -0.133. The predicted octanol–water partition coefficient (Wildman–Crippen LogP) is 4.12. The summed E-state index contributed by atoms with van der Waals surface area (Å²) in [5.74, 6) is 1.19. The zero-order chi connectivity index (χ0) is 14.8. The van der Waals surface area contributed by atoms with Crippen LogP contribution >= 0.6 is 0 Å². The van der Waals surface area contributed by atoms with Crippen molar-refractivity contribution in [3.8, 4) is 5.75 Å². The SMILES string of the molecule is CC1CCC(Oc2ccc(C(F)(F)F)c(CN)c2)CC1. The second-order valence-corrected chi connectivity index (χ2v) is 5.52. The van der Waals surface area contributed by atoms with E-state index in [4.69, 9.17) is 10.5 Å². The zero-order valence-electron chi connectivity index (χ0n) is 11.5. The van der Waals surface area contributed by atoms with Gasteiger partial charge >= 0.3 is 6.18 Å². The molecule has 0 heterocycles. The molecule has 2 nitrogen and oxygen atoms in total. The molecule has 0 aliphatic heterocycles. The van der Waals surface area contributed by atoms with Crippen molar-refractivity contribution in [1.82, 2.24) is 0 Å². The van der Waals surface area contributed by atoms with E-state index in [1.165, 1.54) is 12.1 Å². The number of alkyl halides is 3. The van der Waals surface area contributed by atoms with Gasteiger partial charge in [-0.2, -0.15) is 13.2 Å². The Kier molecular flexibility index (Phi) is 4.58. The van der Waals surface area contributed by atoms with Crippen molar-refractivity contribution in [2.45, 2.75) is 51.4 Å². The Balaban J connectivity index is 2.10. The molecule has 20 heavy (non-hydrogen) atoms. The Morgan fingerprint density at radius 2 is 1.85 bits per heavy atom. The molecule has 0 unspecified atom stereocenters. The number of halogens is 3. The van der Waals surface area contributed by atoms with Crippen molar-refractivity contribution in [1.29, 1.82) is 0 Å². The average Bonchev–Trinajstić information content (AvgIpc) is 2.40. The molecule has 0 amide bonds. The van der Waals surface area contributed by atoms with E-state index in [-0.39, 0.29) is 18.2 Å². The van der Waals surface area contributed by atoms with Crippen LogP contribution in [0.25, 0.3) is 0 Å². The van der Waals surface area contributed by atoms with Crippen molar-refractivity contribution in [2.75, 3.05) is 0 Å². The lowest BCUT2D eigenvalue weighted by Crippen LogP contribution is -2.23. The van der Waals surface area contributed by atoms with Gasteiger partial charge in [0.05, 0.1) is 11.7 Å². The van der Waals surface area contributed by atoms with Crippen LogP contribution in [0.1, 0.15) is 43.7 Å². The second kappa shape index (κ2) is 6.04. The summed E-state index contributed by atoms with van der Waals surface area (Å²) >= 11 is 0. The van der Waals surface area contributed by atoms with Crippen molar-refractivity contribution < 1.29 is 17.9 Å². The molecule has 1 aliphatic rings. The molecule has 2 N–H and O–H groups in total. The number of benzene rings is 1. The summed E-state index contributed by atoms with van der Waals surface area (Å²) in [6.45, 7) is 2.06. The van der Waals surface area contributed by atoms with Gasteiger partial charge in [-0.3, -0.25) is 0 Å². The van der Waals surface area contributed by atoms with E-state index in [0.717, 1.165) is 31.7 Å². The normalized spacial score (nSPS) is 23.6. The summed E-state index contributed by atoms with van der Waals surface area (Å²) in [6, 6.07) is 3.86. The number of nitrogens with two attached hydrogens (primary N) is 1. The minimum absolute atomic E-state index is 0.0826. The van der Waals surface area contributed by atoms with E-state index in [1.807, 2.05) is 0 Å². The van der Waals surface area contributed by atoms with Crippen LogP contribution in [0, 0.1) is 5.92 Å². The van der Waals surface area contributed by atoms with Gasteiger partial charge in [0.1, 0.15) is 5.75 Å². The molecule has 0 spiro atoms. The van der Waals surface area contributed by atoms with Crippen LogP contribution in [0.5, 0.6) is 5.75 Å². The lowest BCUT2D eigenvalue weighted by Gasteiger charge is -2.27. The third-order valence-corrected chi connectivity index (χ3v) is 3.87. The van der Waals surface area contributed by atoms with Crippen molar-refractivity contribution >= 4 is 0 Å². The summed E-state index contributed by atoms with van der Waals surface area (Å²) in [7, 11) is 0. The van der Waals surface area contributed by atoms with E-state index >= 15 is 0 Å². The molecule has 0 radical (unpaired) electrons. The fraction of sp³-hybridized carbons (Fsp3) is 0.600. The molecule has 0 bridgehead atoms. The van der Waals surface area contributed by atoms with Gasteiger partial charge in [0.25, 0.3) is 0 Å². The molecule has 1 aliphatic carbocycles. The van der Waals surface area contributed by atoms with Crippen LogP contribution in [0.4, 0.5) is 13.2 Å². The summed E-state index contributed by atoms with van der Waals surface area (Å²) in [4.78, 5) is 0. The molecule has 1 aromatic carbocycles. The molecule has 2 rings (SSSR count). The molecular weight excluding hydrogens is 267 g/mol. The monoisotopic (exact) mass is 287 g/mol. The summed E-state index contributed by atoms with van der Waals surface area (Å²) < 4.78 is 44.1. The van der Waals surface area contributed by atoms with Gasteiger partial charge in [0, 0.05) is 6.54 Å². The first-order chi connectivity index (χ1) is 9.40. The maximum absolute atomic E-state index is 12.8. The Morgan fingerprint density at radius 1 is 1.20 bits per heavy atom. The zero-order valence-corrected chi connectivity index (χ0v) is 11.5. The predicted molar refractivity (Wildman–Crippen MR) is 71.4 cm³/mol. The lowest BCUT2D eigenvalue weighted by molar-refractivity contribution is -0.138. The second-order valence-electron chi connectivity index (χ2n) is 5.52. The third-order valence-electron chi connectivity index (χ3n) is 3.87. The standard InChI is InChI=1S/C15H20F3NO/c1-10-2-4-12(5-3-10)20-13-6-7-14(15(16,17)18)11(8-13)9-19/h6-8,10,12H,2-5,9,19H2,1H3. The molecule has 112 valence electrons. The average molecular weight is 287 g/mol. The largest absolute Gasteiger partial charge is 0.490 e. The van der Waals surface area contributed by atoms with Crippen LogP contribution in [0.2, 0.25) is 0 Å². The van der Waals surface area contributed by atoms with Gasteiger partial charge in [0.15, 0.2) is 0 Å². The van der Waals surface area contributed by atoms with Crippen LogP contribution < -0.4 is 10.5 Å². The smallest absolute Gasteiger partial charge is 0.416 e. The number of hydrogen-bond acceptors (Lipinski definition) is 2. The van der Waals surface area contributed by atoms with Gasteiger partial charge in [-0.25, -0.2) is 0 Å². The molecule has 1 saturated carbocycles. The molecule has 0 saturated heterocycles. The Labute approximate surface area is 117 Å². The first-order valence-corrected chi connectivity index (χ1v) is 6.97. The molecule has 1 aromatic rings. The molecule has 0 aromatic heterocycles. The van der Waals surface area contributed by atoms with Crippen LogP contribution in [0.3, 0.4) is 0 Å². The number of ether oxygens (including phenoxy) is 1. The highest BCUT2D eigenvalue weighted by molar-refractivity contribution is 5.37.